The van der Waals surface area contributed by atoms with Crippen molar-refractivity contribution in [1.82, 2.24) is 10.2 Å². The molecule has 2 aromatic rings. The minimum Gasteiger partial charge on any atom is -0.352 e. The Morgan fingerprint density at radius 2 is 2.08 bits per heavy atom. The summed E-state index contributed by atoms with van der Waals surface area (Å²) in [5, 5.41) is 18.3. The van der Waals surface area contributed by atoms with E-state index in [9.17, 15) is 14.9 Å². The summed E-state index contributed by atoms with van der Waals surface area (Å²) in [5.41, 5.74) is 2.30. The molecule has 0 spiro atoms. The Bertz CT molecular complexity index is 893. The zero-order valence-corrected chi connectivity index (χ0v) is 15.4. The summed E-state index contributed by atoms with van der Waals surface area (Å²) in [4.78, 5) is 27.3. The Morgan fingerprint density at radius 1 is 1.31 bits per heavy atom. The number of nitrogens with zero attached hydrogens (tertiary/aromatic N) is 2. The highest BCUT2D eigenvalue weighted by Gasteiger charge is 2.35. The lowest BCUT2D eigenvalue weighted by molar-refractivity contribution is -0.385. The number of carbonyl (C=O) groups excluding carboxylic acids is 1. The van der Waals surface area contributed by atoms with Crippen LogP contribution in [0.3, 0.4) is 0 Å². The number of para-hydroxylation sites is 1. The molecule has 0 radical (unpaired) electrons. The lowest BCUT2D eigenvalue weighted by Crippen LogP contribution is -2.39. The van der Waals surface area contributed by atoms with E-state index in [1.165, 1.54) is 10.9 Å². The maximum Gasteiger partial charge on any atom is 0.276 e. The van der Waals surface area contributed by atoms with Crippen molar-refractivity contribution in [2.45, 2.75) is 39.0 Å². The van der Waals surface area contributed by atoms with E-state index in [1.807, 2.05) is 0 Å². The third-order valence-electron chi connectivity index (χ3n) is 5.04. The first-order valence-electron chi connectivity index (χ1n) is 8.65. The highest BCUT2D eigenvalue weighted by Crippen LogP contribution is 2.41. The van der Waals surface area contributed by atoms with Gasteiger partial charge in [0, 0.05) is 30.1 Å². The van der Waals surface area contributed by atoms with Gasteiger partial charge in [0.05, 0.1) is 16.1 Å². The zero-order chi connectivity index (χ0) is 18.4. The molecule has 2 aliphatic rings. The highest BCUT2D eigenvalue weighted by molar-refractivity contribution is 7.16. The predicted octanol–water partition coefficient (Wildman–Crippen LogP) is 3.28. The molecule has 7 nitrogen and oxygen atoms in total. The van der Waals surface area contributed by atoms with Gasteiger partial charge in [-0.1, -0.05) is 12.1 Å². The van der Waals surface area contributed by atoms with Gasteiger partial charge in [0.1, 0.15) is 11.2 Å². The number of hydrogen-bond donors (Lipinski definition) is 2. The molecule has 2 aliphatic heterocycles. The number of nitrogens with one attached hydrogen (secondary N) is 2. The van der Waals surface area contributed by atoms with Crippen molar-refractivity contribution in [3.63, 3.8) is 0 Å². The van der Waals surface area contributed by atoms with Crippen LogP contribution in [0.4, 0.5) is 10.7 Å². The molecule has 8 heteroatoms. The summed E-state index contributed by atoms with van der Waals surface area (Å²) in [6.45, 7) is 6.13. The van der Waals surface area contributed by atoms with Gasteiger partial charge in [-0.2, -0.15) is 0 Å². The number of rotatable bonds is 3. The number of benzene rings is 1. The summed E-state index contributed by atoms with van der Waals surface area (Å²) in [7, 11) is 0. The molecule has 0 saturated carbocycles. The molecule has 0 aliphatic carbocycles. The average Bonchev–Trinajstić information content (AvgIpc) is 2.99. The third-order valence-corrected chi connectivity index (χ3v) is 6.19. The van der Waals surface area contributed by atoms with Crippen molar-refractivity contribution in [3.05, 3.63) is 55.9 Å². The van der Waals surface area contributed by atoms with Crippen molar-refractivity contribution in [2.75, 3.05) is 11.9 Å². The molecule has 4 rings (SSSR count). The number of nitro benzene ring substituents is 1. The average molecular weight is 372 g/mol. The fourth-order valence-corrected chi connectivity index (χ4v) is 4.93. The minimum atomic E-state index is -0.599. The van der Waals surface area contributed by atoms with Gasteiger partial charge in [0.15, 0.2) is 0 Å². The number of hydrogen-bond acceptors (Lipinski definition) is 6. The van der Waals surface area contributed by atoms with Gasteiger partial charge in [-0.05, 0) is 31.9 Å². The number of nitro groups is 1. The van der Waals surface area contributed by atoms with Crippen LogP contribution < -0.4 is 10.6 Å². The monoisotopic (exact) mass is 372 g/mol. The van der Waals surface area contributed by atoms with E-state index in [4.69, 9.17) is 0 Å². The maximum absolute atomic E-state index is 12.8. The summed E-state index contributed by atoms with van der Waals surface area (Å²) in [6.07, 6.45) is 0.253. The van der Waals surface area contributed by atoms with Crippen molar-refractivity contribution in [3.8, 4) is 0 Å². The first-order chi connectivity index (χ1) is 12.5. The molecule has 136 valence electrons. The van der Waals surface area contributed by atoms with Gasteiger partial charge in [0.2, 0.25) is 0 Å². The smallest absolute Gasteiger partial charge is 0.276 e. The third kappa shape index (κ3) is 2.75. The molecule has 1 amide bonds. The summed E-state index contributed by atoms with van der Waals surface area (Å²) in [6, 6.07) is 6.96. The zero-order valence-electron chi connectivity index (χ0n) is 14.6. The second-order valence-electron chi connectivity index (χ2n) is 6.89. The van der Waals surface area contributed by atoms with Crippen LogP contribution in [0.25, 0.3) is 0 Å². The number of amides is 1. The molecular formula is C18H20N4O3S. The van der Waals surface area contributed by atoms with Gasteiger partial charge in [-0.15, -0.1) is 11.3 Å². The fourth-order valence-electron chi connectivity index (χ4n) is 3.63. The molecule has 0 saturated heterocycles. The van der Waals surface area contributed by atoms with Crippen LogP contribution in [-0.4, -0.2) is 28.3 Å². The molecule has 2 N–H and O–H groups in total. The number of carbonyl (C=O) groups is 1. The minimum absolute atomic E-state index is 0.000974. The van der Waals surface area contributed by atoms with Crippen LogP contribution in [0.15, 0.2) is 24.3 Å². The molecule has 1 aromatic carbocycles. The van der Waals surface area contributed by atoms with Gasteiger partial charge >= 0.3 is 0 Å². The van der Waals surface area contributed by atoms with E-state index in [0.29, 0.717) is 17.2 Å². The van der Waals surface area contributed by atoms with Crippen LogP contribution in [0.2, 0.25) is 0 Å². The van der Waals surface area contributed by atoms with Crippen molar-refractivity contribution >= 4 is 27.9 Å². The number of thiophene rings is 1. The summed E-state index contributed by atoms with van der Waals surface area (Å²) >= 11 is 1.59. The summed E-state index contributed by atoms with van der Waals surface area (Å²) in [5.74, 6) is -0.155. The molecule has 1 aromatic heterocycles. The first kappa shape index (κ1) is 17.0. The Balaban J connectivity index is 1.69. The maximum atomic E-state index is 12.8. The lowest BCUT2D eigenvalue weighted by atomic mass is 9.99. The molecular weight excluding hydrogens is 352 g/mol. The number of anilines is 1. The van der Waals surface area contributed by atoms with E-state index >= 15 is 0 Å². The van der Waals surface area contributed by atoms with E-state index in [-0.39, 0.29) is 11.6 Å². The quantitative estimate of drug-likeness (QED) is 0.638. The van der Waals surface area contributed by atoms with Crippen molar-refractivity contribution in [1.29, 1.82) is 0 Å². The van der Waals surface area contributed by atoms with E-state index in [2.05, 4.69) is 29.4 Å². The molecule has 0 fully saturated rings. The Labute approximate surface area is 155 Å². The molecule has 0 bridgehead atoms. The molecule has 0 unspecified atom stereocenters. The molecule has 1 atom stereocenters. The Hall–Kier alpha value is -2.45. The second-order valence-corrected chi connectivity index (χ2v) is 7.99. The topological polar surface area (TPSA) is 87.5 Å². The van der Waals surface area contributed by atoms with Gasteiger partial charge in [0.25, 0.3) is 11.6 Å². The normalized spacial score (nSPS) is 19.5. The standard InChI is InChI=1S/C18H20N4O3S/c1-10(2)21-8-7-12-14(9-21)26-18-15(12)17(23)19-16(20-18)11-5-3-4-6-13(11)22(24)25/h3-6,10,16,20H,7-9H2,1-2H3,(H,19,23)/t16-/m0/s1. The second kappa shape index (κ2) is 6.37. The van der Waals surface area contributed by atoms with Crippen LogP contribution >= 0.6 is 11.3 Å². The van der Waals surface area contributed by atoms with Gasteiger partial charge in [-0.25, -0.2) is 0 Å². The fraction of sp³-hybridized carbons (Fsp3) is 0.389. The van der Waals surface area contributed by atoms with Crippen molar-refractivity contribution < 1.29 is 9.72 Å². The SMILES string of the molecule is CC(C)N1CCc2c(sc3c2C(=O)N[C@H](c2ccccc2[N+](=O)[O-])N3)C1. The molecule has 26 heavy (non-hydrogen) atoms. The first-order valence-corrected chi connectivity index (χ1v) is 9.46. The van der Waals surface area contributed by atoms with Gasteiger partial charge in [-0.3, -0.25) is 19.8 Å². The molecule has 3 heterocycles. The van der Waals surface area contributed by atoms with Crippen LogP contribution in [-0.2, 0) is 13.0 Å². The predicted molar refractivity (Wildman–Crippen MR) is 100 cm³/mol. The highest BCUT2D eigenvalue weighted by atomic mass is 32.1. The largest absolute Gasteiger partial charge is 0.352 e. The van der Waals surface area contributed by atoms with Crippen LogP contribution in [0, 0.1) is 10.1 Å². The van der Waals surface area contributed by atoms with E-state index < -0.39 is 11.1 Å². The van der Waals surface area contributed by atoms with Crippen LogP contribution in [0.1, 0.15) is 46.4 Å². The van der Waals surface area contributed by atoms with E-state index in [1.54, 1.807) is 29.5 Å². The summed E-state index contributed by atoms with van der Waals surface area (Å²) < 4.78 is 0. The van der Waals surface area contributed by atoms with Crippen LogP contribution in [0.5, 0.6) is 0 Å². The number of fused-ring (bicyclic) bond motifs is 3. The van der Waals surface area contributed by atoms with Gasteiger partial charge < -0.3 is 10.6 Å². The lowest BCUT2D eigenvalue weighted by Gasteiger charge is -2.30. The van der Waals surface area contributed by atoms with Crippen molar-refractivity contribution in [2.24, 2.45) is 0 Å². The Morgan fingerprint density at radius 3 is 2.81 bits per heavy atom. The Kier molecular flexibility index (Phi) is 4.16. The van der Waals surface area contributed by atoms with E-state index in [0.717, 1.165) is 30.1 Å².